The van der Waals surface area contributed by atoms with Crippen molar-refractivity contribution in [2.24, 2.45) is 0 Å². The maximum absolute atomic E-state index is 14.2. The summed E-state index contributed by atoms with van der Waals surface area (Å²) in [5.74, 6) is 1.29. The summed E-state index contributed by atoms with van der Waals surface area (Å²) in [5.41, 5.74) is 1.19. The molecule has 0 radical (unpaired) electrons. The minimum absolute atomic E-state index is 0.0909. The first-order valence-corrected chi connectivity index (χ1v) is 13.4. The van der Waals surface area contributed by atoms with Gasteiger partial charge in [0, 0.05) is 30.8 Å². The fourth-order valence-electron chi connectivity index (χ4n) is 3.49. The molecule has 2 N–H and O–H groups in total. The number of nitrogens with zero attached hydrogens (tertiary/aromatic N) is 2. The van der Waals surface area contributed by atoms with Crippen molar-refractivity contribution >= 4 is 46.7 Å². The van der Waals surface area contributed by atoms with Gasteiger partial charge in [0.2, 0.25) is 0 Å². The van der Waals surface area contributed by atoms with Crippen LogP contribution in [0.5, 0.6) is 0 Å². The Morgan fingerprint density at radius 2 is 1.72 bits per heavy atom. The molecule has 6 nitrogen and oxygen atoms in total. The molecule has 1 aliphatic heterocycles. The summed E-state index contributed by atoms with van der Waals surface area (Å²) in [5, 5.41) is 5.68. The molecule has 1 aliphatic rings. The molecule has 36 heavy (non-hydrogen) atoms. The molecular weight excluding hydrogens is 499 g/mol. The lowest BCUT2D eigenvalue weighted by atomic mass is 10.1. The van der Waals surface area contributed by atoms with Gasteiger partial charge in [0.15, 0.2) is 0 Å². The second-order valence-electron chi connectivity index (χ2n) is 8.03. The summed E-state index contributed by atoms with van der Waals surface area (Å²) in [6.07, 6.45) is 2.08. The third kappa shape index (κ3) is 8.05. The van der Waals surface area contributed by atoms with Crippen LogP contribution in [0.25, 0.3) is 0 Å². The molecule has 2 aromatic carbocycles. The second kappa shape index (κ2) is 14.0. The van der Waals surface area contributed by atoms with E-state index in [-0.39, 0.29) is 16.8 Å². The molecule has 9 heteroatoms. The summed E-state index contributed by atoms with van der Waals surface area (Å²) in [4.78, 5) is 31.6. The minimum atomic E-state index is -0.634. The smallest absolute Gasteiger partial charge is 0.258 e. The van der Waals surface area contributed by atoms with Crippen LogP contribution >= 0.6 is 23.4 Å². The quantitative estimate of drug-likeness (QED) is 0.410. The highest BCUT2D eigenvalue weighted by atomic mass is 35.5. The van der Waals surface area contributed by atoms with Crippen LogP contribution in [0, 0.1) is 5.82 Å². The van der Waals surface area contributed by atoms with Crippen molar-refractivity contribution in [2.75, 3.05) is 41.8 Å². The number of aromatic nitrogens is 1. The Morgan fingerprint density at radius 3 is 2.33 bits per heavy atom. The zero-order valence-corrected chi connectivity index (χ0v) is 22.0. The average Bonchev–Trinajstić information content (AvgIpc) is 2.91. The van der Waals surface area contributed by atoms with Gasteiger partial charge in [-0.15, -0.1) is 0 Å². The molecule has 0 unspecified atom stereocenters. The molecular formula is C27H30ClFN4O2S. The van der Waals surface area contributed by atoms with Crippen LogP contribution in [0.1, 0.15) is 40.1 Å². The molecule has 190 valence electrons. The van der Waals surface area contributed by atoms with E-state index in [1.807, 2.05) is 6.92 Å². The summed E-state index contributed by atoms with van der Waals surface area (Å²) in [6.45, 7) is 7.98. The van der Waals surface area contributed by atoms with Crippen LogP contribution < -0.4 is 10.6 Å². The largest absolute Gasteiger partial charge is 0.321 e. The van der Waals surface area contributed by atoms with Gasteiger partial charge in [-0.05, 0) is 54.9 Å². The van der Waals surface area contributed by atoms with Gasteiger partial charge < -0.3 is 15.5 Å². The van der Waals surface area contributed by atoms with Gasteiger partial charge in [-0.2, -0.15) is 11.8 Å². The summed E-state index contributed by atoms with van der Waals surface area (Å²) in [7, 11) is 0. The molecule has 0 atom stereocenters. The number of anilines is 2. The zero-order chi connectivity index (χ0) is 25.9. The Kier molecular flexibility index (Phi) is 10.7. The third-order valence-electron chi connectivity index (χ3n) is 5.63. The Balaban J connectivity index is 0.000000383. The molecule has 2 amide bonds. The van der Waals surface area contributed by atoms with E-state index in [0.29, 0.717) is 17.3 Å². The van der Waals surface area contributed by atoms with Crippen LogP contribution in [-0.4, -0.2) is 52.8 Å². The highest BCUT2D eigenvalue weighted by molar-refractivity contribution is 7.99. The molecule has 2 heterocycles. The van der Waals surface area contributed by atoms with E-state index in [9.17, 15) is 14.0 Å². The number of carbonyl (C=O) groups is 2. The van der Waals surface area contributed by atoms with Crippen molar-refractivity contribution in [1.29, 1.82) is 0 Å². The SMILES string of the molecule is CCN1CCSCC1.CCc1ccc(C(=O)Nc2ccccc2C(=O)Nc2ccc(Cl)cn2)c(F)c1. The Bertz CT molecular complexity index is 1170. The van der Waals surface area contributed by atoms with Gasteiger partial charge in [-0.3, -0.25) is 9.59 Å². The summed E-state index contributed by atoms with van der Waals surface area (Å²) >= 11 is 7.86. The lowest BCUT2D eigenvalue weighted by Gasteiger charge is -2.23. The van der Waals surface area contributed by atoms with E-state index < -0.39 is 17.6 Å². The summed E-state index contributed by atoms with van der Waals surface area (Å²) < 4.78 is 14.2. The fraction of sp³-hybridized carbons (Fsp3) is 0.296. The van der Waals surface area contributed by atoms with E-state index in [2.05, 4.69) is 39.2 Å². The van der Waals surface area contributed by atoms with Gasteiger partial charge in [0.05, 0.1) is 21.8 Å². The first-order chi connectivity index (χ1) is 17.4. The molecule has 0 bridgehead atoms. The van der Waals surface area contributed by atoms with Crippen LogP contribution in [0.3, 0.4) is 0 Å². The van der Waals surface area contributed by atoms with E-state index in [0.717, 1.165) is 5.56 Å². The number of halogens is 2. The number of thioether (sulfide) groups is 1. The van der Waals surface area contributed by atoms with Crippen LogP contribution in [0.15, 0.2) is 60.8 Å². The predicted molar refractivity (Wildman–Crippen MR) is 147 cm³/mol. The Morgan fingerprint density at radius 1 is 1.00 bits per heavy atom. The van der Waals surface area contributed by atoms with Crippen molar-refractivity contribution in [1.82, 2.24) is 9.88 Å². The van der Waals surface area contributed by atoms with Gasteiger partial charge in [0.25, 0.3) is 11.8 Å². The molecule has 3 aromatic rings. The highest BCUT2D eigenvalue weighted by Crippen LogP contribution is 2.20. The van der Waals surface area contributed by atoms with Gasteiger partial charge in [0.1, 0.15) is 11.6 Å². The fourth-order valence-corrected chi connectivity index (χ4v) is 4.58. The minimum Gasteiger partial charge on any atom is -0.321 e. The van der Waals surface area contributed by atoms with Gasteiger partial charge in [-0.1, -0.05) is 43.6 Å². The number of carbonyl (C=O) groups excluding carboxylic acids is 2. The lowest BCUT2D eigenvalue weighted by molar-refractivity contribution is 0.102. The van der Waals surface area contributed by atoms with E-state index in [1.165, 1.54) is 49.5 Å². The van der Waals surface area contributed by atoms with Crippen molar-refractivity contribution in [3.8, 4) is 0 Å². The van der Waals surface area contributed by atoms with Gasteiger partial charge >= 0.3 is 0 Å². The lowest BCUT2D eigenvalue weighted by Crippen LogP contribution is -2.31. The number of aryl methyl sites for hydroxylation is 1. The van der Waals surface area contributed by atoms with E-state index in [1.54, 1.807) is 42.5 Å². The maximum atomic E-state index is 14.2. The number of hydrogen-bond acceptors (Lipinski definition) is 5. The number of hydrogen-bond donors (Lipinski definition) is 2. The standard InChI is InChI=1S/C21H17ClFN3O2.C6H13NS/c1-2-13-7-9-15(17(23)11-13)20(27)25-18-6-4-3-5-16(18)21(28)26-19-10-8-14(22)12-24-19;1-2-7-3-5-8-6-4-7/h3-12H,2H2,1H3,(H,25,27)(H,24,26,28);2-6H2,1H3. The maximum Gasteiger partial charge on any atom is 0.258 e. The molecule has 0 saturated carbocycles. The average molecular weight is 529 g/mol. The van der Waals surface area contributed by atoms with Crippen LogP contribution in [-0.2, 0) is 6.42 Å². The second-order valence-corrected chi connectivity index (χ2v) is 9.69. The van der Waals surface area contributed by atoms with Crippen LogP contribution in [0.2, 0.25) is 5.02 Å². The summed E-state index contributed by atoms with van der Waals surface area (Å²) in [6, 6.07) is 14.1. The molecule has 1 saturated heterocycles. The molecule has 1 aromatic heterocycles. The topological polar surface area (TPSA) is 74.3 Å². The zero-order valence-electron chi connectivity index (χ0n) is 20.4. The predicted octanol–water partition coefficient (Wildman–Crippen LogP) is 6.00. The van der Waals surface area contributed by atoms with Crippen molar-refractivity contribution in [3.05, 3.63) is 88.3 Å². The Labute approximate surface area is 220 Å². The number of amides is 2. The number of rotatable bonds is 6. The number of nitrogens with one attached hydrogen (secondary N) is 2. The highest BCUT2D eigenvalue weighted by Gasteiger charge is 2.17. The molecule has 0 spiro atoms. The van der Waals surface area contributed by atoms with Crippen molar-refractivity contribution in [3.63, 3.8) is 0 Å². The van der Waals surface area contributed by atoms with Crippen LogP contribution in [0.4, 0.5) is 15.9 Å². The van der Waals surface area contributed by atoms with E-state index >= 15 is 0 Å². The molecule has 1 fully saturated rings. The number of para-hydroxylation sites is 1. The first kappa shape index (κ1) is 27.6. The van der Waals surface area contributed by atoms with E-state index in [4.69, 9.17) is 11.6 Å². The number of benzene rings is 2. The number of pyridine rings is 1. The van der Waals surface area contributed by atoms with Crippen molar-refractivity contribution < 1.29 is 14.0 Å². The van der Waals surface area contributed by atoms with Gasteiger partial charge in [-0.25, -0.2) is 9.37 Å². The normalized spacial score (nSPS) is 13.3. The molecule has 0 aliphatic carbocycles. The monoisotopic (exact) mass is 528 g/mol. The van der Waals surface area contributed by atoms with Crippen molar-refractivity contribution in [2.45, 2.75) is 20.3 Å². The third-order valence-corrected chi connectivity index (χ3v) is 6.79. The Hall–Kier alpha value is -2.94. The molecule has 4 rings (SSSR count). The first-order valence-electron chi connectivity index (χ1n) is 11.8.